The zero-order valence-corrected chi connectivity index (χ0v) is 20.4. The smallest absolute Gasteiger partial charge is 0.365 e. The van der Waals surface area contributed by atoms with E-state index >= 15 is 0 Å². The van der Waals surface area contributed by atoms with Crippen molar-refractivity contribution >= 4 is 61.1 Å². The van der Waals surface area contributed by atoms with E-state index in [0.717, 1.165) is 35.8 Å². The monoisotopic (exact) mass is 569 g/mol. The number of aromatic nitrogens is 3. The lowest BCUT2D eigenvalue weighted by Crippen LogP contribution is -2.19. The Balaban J connectivity index is 1.60. The number of carbonyl (C=O) groups is 2. The number of aryl methyl sites for hydroxylation is 1. The highest BCUT2D eigenvalue weighted by Crippen LogP contribution is 2.39. The van der Waals surface area contributed by atoms with Gasteiger partial charge in [0.15, 0.2) is 17.0 Å². The minimum absolute atomic E-state index is 0.0100. The molecule has 3 N–H and O–H groups in total. The molecule has 0 aromatic carbocycles. The van der Waals surface area contributed by atoms with E-state index in [4.69, 9.17) is 5.73 Å². The molecule has 0 atom stereocenters. The molecular formula is C21H15BrF3N5O2S2. The highest BCUT2D eigenvalue weighted by molar-refractivity contribution is 9.10. The van der Waals surface area contributed by atoms with E-state index in [1.807, 2.05) is 0 Å². The first kappa shape index (κ1) is 23.0. The number of fused-ring (bicyclic) bond motifs is 2. The summed E-state index contributed by atoms with van der Waals surface area (Å²) in [6.45, 7) is 0. The maximum absolute atomic E-state index is 13.9. The van der Waals surface area contributed by atoms with Gasteiger partial charge < -0.3 is 11.1 Å². The zero-order valence-electron chi connectivity index (χ0n) is 17.2. The van der Waals surface area contributed by atoms with Crippen LogP contribution in [0.1, 0.15) is 49.8 Å². The normalized spacial score (nSPS) is 13.8. The number of hydrogen-bond donors (Lipinski definition) is 2. The van der Waals surface area contributed by atoms with Gasteiger partial charge >= 0.3 is 6.18 Å². The molecule has 1 aliphatic carbocycles. The minimum Gasteiger partial charge on any atom is -0.365 e. The van der Waals surface area contributed by atoms with Crippen molar-refractivity contribution in [2.75, 3.05) is 5.32 Å². The van der Waals surface area contributed by atoms with Gasteiger partial charge in [-0.25, -0.2) is 9.50 Å². The van der Waals surface area contributed by atoms with Crippen LogP contribution in [0.3, 0.4) is 0 Å². The predicted octanol–water partition coefficient (Wildman–Crippen LogP) is 5.53. The van der Waals surface area contributed by atoms with Crippen molar-refractivity contribution in [2.45, 2.75) is 31.9 Å². The van der Waals surface area contributed by atoms with Crippen molar-refractivity contribution in [1.29, 1.82) is 0 Å². The van der Waals surface area contributed by atoms with E-state index in [9.17, 15) is 22.8 Å². The van der Waals surface area contributed by atoms with Gasteiger partial charge in [-0.05, 0) is 64.7 Å². The summed E-state index contributed by atoms with van der Waals surface area (Å²) in [5.74, 6) is -1.44. The van der Waals surface area contributed by atoms with E-state index in [1.54, 1.807) is 17.5 Å². The molecule has 4 aromatic heterocycles. The number of nitrogens with one attached hydrogen (secondary N) is 1. The zero-order chi connectivity index (χ0) is 24.2. The maximum Gasteiger partial charge on any atom is 0.433 e. The second-order valence-electron chi connectivity index (χ2n) is 7.63. The summed E-state index contributed by atoms with van der Waals surface area (Å²) in [4.78, 5) is 31.0. The van der Waals surface area contributed by atoms with E-state index in [2.05, 4.69) is 31.3 Å². The number of thiophene rings is 2. The summed E-state index contributed by atoms with van der Waals surface area (Å²) in [5, 5.41) is 8.56. The number of primary amides is 1. The molecule has 13 heteroatoms. The van der Waals surface area contributed by atoms with Crippen molar-refractivity contribution in [3.05, 3.63) is 55.4 Å². The molecule has 34 heavy (non-hydrogen) atoms. The second-order valence-corrected chi connectivity index (χ2v) is 10.5. The molecule has 176 valence electrons. The van der Waals surface area contributed by atoms with Crippen LogP contribution in [0.15, 0.2) is 28.1 Å². The van der Waals surface area contributed by atoms with Gasteiger partial charge in [-0.15, -0.1) is 22.7 Å². The fourth-order valence-corrected chi connectivity index (χ4v) is 6.46. The first-order chi connectivity index (χ1) is 16.1. The van der Waals surface area contributed by atoms with Gasteiger partial charge in [0.25, 0.3) is 11.8 Å². The van der Waals surface area contributed by atoms with Crippen LogP contribution in [-0.4, -0.2) is 26.4 Å². The Hall–Kier alpha value is -2.77. The molecule has 5 rings (SSSR count). The number of anilines is 1. The largest absolute Gasteiger partial charge is 0.433 e. The summed E-state index contributed by atoms with van der Waals surface area (Å²) in [7, 11) is 0. The lowest BCUT2D eigenvalue weighted by atomic mass is 9.95. The fourth-order valence-electron chi connectivity index (χ4n) is 3.97. The molecule has 7 nitrogen and oxygen atoms in total. The summed E-state index contributed by atoms with van der Waals surface area (Å²) >= 11 is 5.71. The van der Waals surface area contributed by atoms with Gasteiger partial charge in [0.2, 0.25) is 0 Å². The molecule has 0 fully saturated rings. The average molecular weight is 570 g/mol. The van der Waals surface area contributed by atoms with Crippen LogP contribution in [0, 0.1) is 0 Å². The van der Waals surface area contributed by atoms with Crippen LogP contribution >= 0.6 is 38.6 Å². The van der Waals surface area contributed by atoms with E-state index < -0.39 is 23.7 Å². The van der Waals surface area contributed by atoms with Crippen LogP contribution in [0.25, 0.3) is 16.2 Å². The van der Waals surface area contributed by atoms with Gasteiger partial charge in [0, 0.05) is 4.88 Å². The highest BCUT2D eigenvalue weighted by Gasteiger charge is 2.37. The number of rotatable bonds is 4. The standard InChI is InChI=1S/C21H15BrF3N5O2S2/c22-15-16(19(32)28-20-14(17(26)31)9-4-1-2-5-11(9)34-20)29-30-13(21(23,24)25)8-10(27-18(15)30)12-6-3-7-33-12/h3,6-8H,1-2,4-5H2,(H2,26,31)(H,28,32). The molecule has 0 saturated heterocycles. The van der Waals surface area contributed by atoms with Crippen LogP contribution in [-0.2, 0) is 19.0 Å². The third-order valence-electron chi connectivity index (χ3n) is 5.46. The fraction of sp³-hybridized carbons (Fsp3) is 0.238. The molecule has 0 spiro atoms. The minimum atomic E-state index is -4.74. The highest BCUT2D eigenvalue weighted by atomic mass is 79.9. The van der Waals surface area contributed by atoms with Gasteiger partial charge in [-0.3, -0.25) is 9.59 Å². The Morgan fingerprint density at radius 1 is 1.24 bits per heavy atom. The lowest BCUT2D eigenvalue weighted by Gasteiger charge is -2.11. The van der Waals surface area contributed by atoms with Gasteiger partial charge in [-0.2, -0.15) is 18.3 Å². The van der Waals surface area contributed by atoms with Crippen LogP contribution in [0.2, 0.25) is 0 Å². The van der Waals surface area contributed by atoms with E-state index in [0.29, 0.717) is 15.8 Å². The van der Waals surface area contributed by atoms with Crippen molar-refractivity contribution in [1.82, 2.24) is 14.6 Å². The molecule has 2 amide bonds. The van der Waals surface area contributed by atoms with Crippen LogP contribution < -0.4 is 11.1 Å². The lowest BCUT2D eigenvalue weighted by molar-refractivity contribution is -0.142. The second kappa shape index (κ2) is 8.47. The Labute approximate surface area is 206 Å². The number of nitrogens with zero attached hydrogens (tertiary/aromatic N) is 3. The Morgan fingerprint density at radius 3 is 2.68 bits per heavy atom. The Kier molecular flexibility index (Phi) is 5.73. The number of nitrogens with two attached hydrogens (primary N) is 1. The van der Waals surface area contributed by atoms with Crippen molar-refractivity contribution in [2.24, 2.45) is 5.73 Å². The maximum atomic E-state index is 13.9. The number of halogens is 4. The van der Waals surface area contributed by atoms with Crippen molar-refractivity contribution in [3.8, 4) is 10.6 Å². The summed E-state index contributed by atoms with van der Waals surface area (Å²) < 4.78 is 42.2. The molecule has 0 aliphatic heterocycles. The van der Waals surface area contributed by atoms with Crippen LogP contribution in [0.4, 0.5) is 18.2 Å². The van der Waals surface area contributed by atoms with E-state index in [1.165, 1.54) is 22.7 Å². The quantitative estimate of drug-likeness (QED) is 0.337. The SMILES string of the molecule is NC(=O)c1c(NC(=O)c2nn3c(C(F)(F)F)cc(-c4cccs4)nc3c2Br)sc2c1CCCC2. The predicted molar refractivity (Wildman–Crippen MR) is 126 cm³/mol. The topological polar surface area (TPSA) is 102 Å². The van der Waals surface area contributed by atoms with Gasteiger partial charge in [0.1, 0.15) is 5.00 Å². The average Bonchev–Trinajstić information content (AvgIpc) is 3.50. The van der Waals surface area contributed by atoms with Crippen molar-refractivity contribution in [3.63, 3.8) is 0 Å². The van der Waals surface area contributed by atoms with Crippen molar-refractivity contribution < 1.29 is 22.8 Å². The number of carbonyl (C=O) groups excluding carboxylic acids is 2. The molecule has 4 aromatic rings. The molecule has 0 saturated carbocycles. The Bertz CT molecular complexity index is 1440. The molecular weight excluding hydrogens is 555 g/mol. The molecule has 4 heterocycles. The van der Waals surface area contributed by atoms with E-state index in [-0.39, 0.29) is 32.1 Å². The van der Waals surface area contributed by atoms with Gasteiger partial charge in [0.05, 0.1) is 20.6 Å². The summed E-state index contributed by atoms with van der Waals surface area (Å²) in [5.41, 5.74) is 5.27. The Morgan fingerprint density at radius 2 is 2.00 bits per heavy atom. The number of alkyl halides is 3. The first-order valence-electron chi connectivity index (χ1n) is 10.1. The number of amides is 2. The molecule has 1 aliphatic rings. The summed E-state index contributed by atoms with van der Waals surface area (Å²) in [6.07, 6.45) is -1.40. The molecule has 0 unspecified atom stereocenters. The molecule has 0 bridgehead atoms. The summed E-state index contributed by atoms with van der Waals surface area (Å²) in [6, 6.07) is 4.27. The van der Waals surface area contributed by atoms with Crippen LogP contribution in [0.5, 0.6) is 0 Å². The number of hydrogen-bond acceptors (Lipinski definition) is 6. The third-order valence-corrected chi connectivity index (χ3v) is 8.29. The first-order valence-corrected chi connectivity index (χ1v) is 12.6. The third kappa shape index (κ3) is 3.91. The van der Waals surface area contributed by atoms with Gasteiger partial charge in [-0.1, -0.05) is 6.07 Å². The molecule has 0 radical (unpaired) electrons.